The summed E-state index contributed by atoms with van der Waals surface area (Å²) in [5.74, 6) is 2.51. The number of halogens is 1. The van der Waals surface area contributed by atoms with Crippen molar-refractivity contribution < 1.29 is 4.39 Å². The molecule has 104 valence electrons. The predicted molar refractivity (Wildman–Crippen MR) is 79.9 cm³/mol. The van der Waals surface area contributed by atoms with Gasteiger partial charge < -0.3 is 10.2 Å². The lowest BCUT2D eigenvalue weighted by atomic mass is 10.0. The summed E-state index contributed by atoms with van der Waals surface area (Å²) in [5, 5.41) is 3.16. The van der Waals surface area contributed by atoms with E-state index in [-0.39, 0.29) is 11.9 Å². The second-order valence-electron chi connectivity index (χ2n) is 4.80. The van der Waals surface area contributed by atoms with Crippen LogP contribution in [0.25, 0.3) is 0 Å². The Morgan fingerprint density at radius 1 is 1.47 bits per heavy atom. The second kappa shape index (κ2) is 7.16. The SMILES string of the molecule is C#CCN(CCC)c1cc(C)c(F)cc1C(C)NC. The number of benzene rings is 1. The van der Waals surface area contributed by atoms with Gasteiger partial charge in [-0.3, -0.25) is 0 Å². The first-order chi connectivity index (χ1) is 9.04. The topological polar surface area (TPSA) is 15.3 Å². The van der Waals surface area contributed by atoms with Crippen LogP contribution in [0.5, 0.6) is 0 Å². The molecule has 0 spiro atoms. The third-order valence-electron chi connectivity index (χ3n) is 3.32. The smallest absolute Gasteiger partial charge is 0.126 e. The van der Waals surface area contributed by atoms with Gasteiger partial charge >= 0.3 is 0 Å². The summed E-state index contributed by atoms with van der Waals surface area (Å²) in [6, 6.07) is 3.60. The number of hydrogen-bond donors (Lipinski definition) is 1. The number of anilines is 1. The Hall–Kier alpha value is -1.53. The standard InChI is InChI=1S/C16H23FN2/c1-6-8-19(9-7-2)16-10-12(3)15(17)11-14(16)13(4)18-5/h1,10-11,13,18H,7-9H2,2-5H3. The average molecular weight is 262 g/mol. The lowest BCUT2D eigenvalue weighted by Crippen LogP contribution is -2.27. The minimum atomic E-state index is -0.169. The van der Waals surface area contributed by atoms with Crippen LogP contribution in [0.1, 0.15) is 37.4 Å². The van der Waals surface area contributed by atoms with Gasteiger partial charge in [0.1, 0.15) is 5.82 Å². The first-order valence-electron chi connectivity index (χ1n) is 6.70. The van der Waals surface area contributed by atoms with Crippen LogP contribution in [0, 0.1) is 25.1 Å². The van der Waals surface area contributed by atoms with E-state index < -0.39 is 0 Å². The van der Waals surface area contributed by atoms with Crippen molar-refractivity contribution in [2.75, 3.05) is 25.0 Å². The van der Waals surface area contributed by atoms with E-state index in [1.54, 1.807) is 13.0 Å². The summed E-state index contributed by atoms with van der Waals surface area (Å²) < 4.78 is 13.8. The molecular formula is C16H23FN2. The Morgan fingerprint density at radius 2 is 2.16 bits per heavy atom. The van der Waals surface area contributed by atoms with E-state index in [1.165, 1.54) is 0 Å². The molecule has 0 radical (unpaired) electrons. The van der Waals surface area contributed by atoms with E-state index in [0.29, 0.717) is 12.1 Å². The quantitative estimate of drug-likeness (QED) is 0.792. The predicted octanol–water partition coefficient (Wildman–Crippen LogP) is 3.26. The van der Waals surface area contributed by atoms with Crippen molar-refractivity contribution in [3.8, 4) is 12.3 Å². The van der Waals surface area contributed by atoms with Crippen LogP contribution < -0.4 is 10.2 Å². The van der Waals surface area contributed by atoms with E-state index in [4.69, 9.17) is 6.42 Å². The van der Waals surface area contributed by atoms with E-state index in [0.717, 1.165) is 24.2 Å². The fourth-order valence-corrected chi connectivity index (χ4v) is 2.12. The van der Waals surface area contributed by atoms with Gasteiger partial charge in [-0.2, -0.15) is 0 Å². The molecule has 0 aliphatic carbocycles. The summed E-state index contributed by atoms with van der Waals surface area (Å²) in [7, 11) is 1.87. The summed E-state index contributed by atoms with van der Waals surface area (Å²) in [4.78, 5) is 2.13. The van der Waals surface area contributed by atoms with Gasteiger partial charge in [0.15, 0.2) is 0 Å². The van der Waals surface area contributed by atoms with Crippen molar-refractivity contribution in [2.24, 2.45) is 0 Å². The molecule has 19 heavy (non-hydrogen) atoms. The van der Waals surface area contributed by atoms with Crippen LogP contribution in [0.3, 0.4) is 0 Å². The van der Waals surface area contributed by atoms with Crippen molar-refractivity contribution in [3.05, 3.63) is 29.1 Å². The van der Waals surface area contributed by atoms with Crippen LogP contribution in [-0.2, 0) is 0 Å². The first-order valence-corrected chi connectivity index (χ1v) is 6.70. The number of aryl methyl sites for hydroxylation is 1. The van der Waals surface area contributed by atoms with Gasteiger partial charge in [-0.05, 0) is 50.6 Å². The molecule has 0 amide bonds. The van der Waals surface area contributed by atoms with Gasteiger partial charge in [-0.25, -0.2) is 4.39 Å². The molecule has 0 saturated heterocycles. The highest BCUT2D eigenvalue weighted by molar-refractivity contribution is 5.57. The highest BCUT2D eigenvalue weighted by atomic mass is 19.1. The number of nitrogens with zero attached hydrogens (tertiary/aromatic N) is 1. The normalized spacial score (nSPS) is 12.0. The molecule has 0 bridgehead atoms. The van der Waals surface area contributed by atoms with E-state index in [9.17, 15) is 4.39 Å². The molecule has 2 nitrogen and oxygen atoms in total. The summed E-state index contributed by atoms with van der Waals surface area (Å²) in [6.45, 7) is 7.34. The van der Waals surface area contributed by atoms with Crippen LogP contribution in [0.4, 0.5) is 10.1 Å². The molecular weight excluding hydrogens is 239 g/mol. The Kier molecular flexibility index (Phi) is 5.85. The Labute approximate surface area is 116 Å². The summed E-state index contributed by atoms with van der Waals surface area (Å²) in [6.07, 6.45) is 6.45. The fourth-order valence-electron chi connectivity index (χ4n) is 2.12. The van der Waals surface area contributed by atoms with Gasteiger partial charge in [-0.15, -0.1) is 6.42 Å². The monoisotopic (exact) mass is 262 g/mol. The Balaban J connectivity index is 3.29. The molecule has 3 heteroatoms. The molecule has 1 aromatic rings. The molecule has 0 aromatic heterocycles. The molecule has 0 aliphatic heterocycles. The average Bonchev–Trinajstić information content (AvgIpc) is 2.40. The minimum Gasteiger partial charge on any atom is -0.360 e. The Morgan fingerprint density at radius 3 is 2.68 bits per heavy atom. The van der Waals surface area contributed by atoms with Gasteiger partial charge in [0.05, 0.1) is 6.54 Å². The maximum absolute atomic E-state index is 13.8. The molecule has 1 N–H and O–H groups in total. The molecule has 0 saturated carbocycles. The van der Waals surface area contributed by atoms with Gasteiger partial charge in [0, 0.05) is 18.3 Å². The third-order valence-corrected chi connectivity index (χ3v) is 3.32. The van der Waals surface area contributed by atoms with E-state index >= 15 is 0 Å². The maximum Gasteiger partial charge on any atom is 0.126 e. The van der Waals surface area contributed by atoms with Crippen LogP contribution in [0.2, 0.25) is 0 Å². The second-order valence-corrected chi connectivity index (χ2v) is 4.80. The Bertz CT molecular complexity index is 463. The highest BCUT2D eigenvalue weighted by Gasteiger charge is 2.16. The van der Waals surface area contributed by atoms with Crippen LogP contribution >= 0.6 is 0 Å². The maximum atomic E-state index is 13.8. The number of nitrogens with one attached hydrogen (secondary N) is 1. The largest absolute Gasteiger partial charge is 0.360 e. The van der Waals surface area contributed by atoms with E-state index in [1.807, 2.05) is 20.0 Å². The number of terminal acetylenes is 1. The van der Waals surface area contributed by atoms with Crippen LogP contribution in [0.15, 0.2) is 12.1 Å². The van der Waals surface area contributed by atoms with Crippen molar-refractivity contribution in [1.82, 2.24) is 5.32 Å². The molecule has 0 aliphatic rings. The van der Waals surface area contributed by atoms with Gasteiger partial charge in [0.2, 0.25) is 0 Å². The van der Waals surface area contributed by atoms with Crippen molar-refractivity contribution in [1.29, 1.82) is 0 Å². The minimum absolute atomic E-state index is 0.0854. The van der Waals surface area contributed by atoms with Crippen molar-refractivity contribution >= 4 is 5.69 Å². The van der Waals surface area contributed by atoms with Crippen molar-refractivity contribution in [3.63, 3.8) is 0 Å². The third kappa shape index (κ3) is 3.71. The van der Waals surface area contributed by atoms with E-state index in [2.05, 4.69) is 23.1 Å². The van der Waals surface area contributed by atoms with Gasteiger partial charge in [0.25, 0.3) is 0 Å². The summed E-state index contributed by atoms with van der Waals surface area (Å²) in [5.41, 5.74) is 2.63. The number of rotatable bonds is 6. The fraction of sp³-hybridized carbons (Fsp3) is 0.500. The zero-order valence-electron chi connectivity index (χ0n) is 12.3. The van der Waals surface area contributed by atoms with Gasteiger partial charge in [-0.1, -0.05) is 12.8 Å². The lowest BCUT2D eigenvalue weighted by Gasteiger charge is -2.27. The molecule has 1 aromatic carbocycles. The highest BCUT2D eigenvalue weighted by Crippen LogP contribution is 2.29. The summed E-state index contributed by atoms with van der Waals surface area (Å²) >= 11 is 0. The zero-order valence-corrected chi connectivity index (χ0v) is 12.3. The molecule has 0 heterocycles. The van der Waals surface area contributed by atoms with Crippen LogP contribution in [-0.4, -0.2) is 20.1 Å². The zero-order chi connectivity index (χ0) is 14.4. The first kappa shape index (κ1) is 15.5. The molecule has 1 unspecified atom stereocenters. The molecule has 1 atom stereocenters. The number of hydrogen-bond acceptors (Lipinski definition) is 2. The molecule has 0 fully saturated rings. The molecule has 1 rings (SSSR count). The lowest BCUT2D eigenvalue weighted by molar-refractivity contribution is 0.599. The van der Waals surface area contributed by atoms with Crippen molar-refractivity contribution in [2.45, 2.75) is 33.2 Å².